The molecule has 1 aromatic heterocycles. The molecule has 1 aliphatic rings. The lowest BCUT2D eigenvalue weighted by Crippen LogP contribution is -2.45. The van der Waals surface area contributed by atoms with Crippen molar-refractivity contribution in [1.82, 2.24) is 0 Å². The van der Waals surface area contributed by atoms with Crippen LogP contribution in [0.3, 0.4) is 0 Å². The molecule has 2 atom stereocenters. The number of benzene rings is 2. The van der Waals surface area contributed by atoms with Gasteiger partial charge in [-0.05, 0) is 49.7 Å². The second kappa shape index (κ2) is 7.90. The van der Waals surface area contributed by atoms with Crippen LogP contribution in [-0.2, 0) is 4.74 Å². The number of nitrogens with one attached hydrogen (secondary N) is 1. The van der Waals surface area contributed by atoms with Crippen LogP contribution in [0.25, 0.3) is 11.1 Å². The average Bonchev–Trinajstić information content (AvgIpc) is 3.18. The second-order valence-electron chi connectivity index (χ2n) is 7.19. The van der Waals surface area contributed by atoms with Gasteiger partial charge in [0, 0.05) is 30.0 Å². The van der Waals surface area contributed by atoms with Gasteiger partial charge in [-0.15, -0.1) is 0 Å². The second-order valence-corrected chi connectivity index (χ2v) is 7.19. The molecule has 0 saturated carbocycles. The number of morpholine rings is 1. The van der Waals surface area contributed by atoms with Gasteiger partial charge in [0.2, 0.25) is 0 Å². The summed E-state index contributed by atoms with van der Waals surface area (Å²) in [5, 5.41) is 2.93. The Bertz CT molecular complexity index is 924. The number of carbonyl (C=O) groups excluding carboxylic acids is 1. The van der Waals surface area contributed by atoms with E-state index in [1.165, 1.54) is 0 Å². The molecule has 5 heteroatoms. The highest BCUT2D eigenvalue weighted by Crippen LogP contribution is 2.26. The molecule has 3 aromatic rings. The molecular formula is C23H24N2O3. The van der Waals surface area contributed by atoms with Gasteiger partial charge >= 0.3 is 0 Å². The van der Waals surface area contributed by atoms with Crippen molar-refractivity contribution in [3.63, 3.8) is 0 Å². The summed E-state index contributed by atoms with van der Waals surface area (Å²) in [5.41, 5.74) is 3.60. The molecule has 1 amide bonds. The molecule has 4 rings (SSSR count). The van der Waals surface area contributed by atoms with Crippen molar-refractivity contribution in [2.75, 3.05) is 23.3 Å². The van der Waals surface area contributed by atoms with Gasteiger partial charge in [0.05, 0.1) is 18.5 Å². The number of ether oxygens (including phenoxy) is 1. The third-order valence-corrected chi connectivity index (χ3v) is 4.87. The Kier molecular flexibility index (Phi) is 5.17. The minimum atomic E-state index is -0.259. The highest BCUT2D eigenvalue weighted by Gasteiger charge is 2.22. The molecule has 0 radical (unpaired) electrons. The maximum absolute atomic E-state index is 12.7. The van der Waals surface area contributed by atoms with Crippen LogP contribution < -0.4 is 10.2 Å². The summed E-state index contributed by atoms with van der Waals surface area (Å²) < 4.78 is 11.3. The highest BCUT2D eigenvalue weighted by atomic mass is 16.5. The van der Waals surface area contributed by atoms with E-state index in [-0.39, 0.29) is 18.1 Å². The van der Waals surface area contributed by atoms with Crippen molar-refractivity contribution in [2.24, 2.45) is 0 Å². The van der Waals surface area contributed by atoms with E-state index in [1.54, 1.807) is 6.26 Å². The van der Waals surface area contributed by atoms with E-state index in [4.69, 9.17) is 9.15 Å². The molecule has 2 aromatic carbocycles. The number of hydrogen-bond donors (Lipinski definition) is 1. The number of rotatable bonds is 4. The predicted octanol–water partition coefficient (Wildman–Crippen LogP) is 4.81. The first-order valence-electron chi connectivity index (χ1n) is 9.55. The van der Waals surface area contributed by atoms with Gasteiger partial charge in [-0.3, -0.25) is 4.79 Å². The molecule has 1 fully saturated rings. The van der Waals surface area contributed by atoms with Crippen LogP contribution in [-0.4, -0.2) is 31.2 Å². The quantitative estimate of drug-likeness (QED) is 0.710. The predicted molar refractivity (Wildman–Crippen MR) is 111 cm³/mol. The third-order valence-electron chi connectivity index (χ3n) is 4.87. The van der Waals surface area contributed by atoms with E-state index in [0.29, 0.717) is 5.76 Å². The van der Waals surface area contributed by atoms with Gasteiger partial charge in [0.1, 0.15) is 0 Å². The summed E-state index contributed by atoms with van der Waals surface area (Å²) in [4.78, 5) is 15.0. The first-order valence-corrected chi connectivity index (χ1v) is 9.55. The van der Waals surface area contributed by atoms with Crippen LogP contribution in [0.4, 0.5) is 11.4 Å². The van der Waals surface area contributed by atoms with E-state index in [0.717, 1.165) is 35.6 Å². The molecule has 2 heterocycles. The zero-order valence-corrected chi connectivity index (χ0v) is 16.1. The van der Waals surface area contributed by atoms with Gasteiger partial charge in [-0.2, -0.15) is 0 Å². The molecule has 1 N–H and O–H groups in total. The van der Waals surface area contributed by atoms with E-state index in [9.17, 15) is 4.79 Å². The number of amides is 1. The minimum absolute atomic E-state index is 0.207. The van der Waals surface area contributed by atoms with Crippen molar-refractivity contribution in [1.29, 1.82) is 0 Å². The molecule has 28 heavy (non-hydrogen) atoms. The summed E-state index contributed by atoms with van der Waals surface area (Å²) >= 11 is 0. The average molecular weight is 376 g/mol. The molecule has 2 unspecified atom stereocenters. The minimum Gasteiger partial charge on any atom is -0.459 e. The van der Waals surface area contributed by atoms with E-state index in [2.05, 4.69) is 24.1 Å². The van der Waals surface area contributed by atoms with Crippen molar-refractivity contribution >= 4 is 17.3 Å². The Labute approximate surface area is 164 Å². The lowest BCUT2D eigenvalue weighted by atomic mass is 10.1. The Morgan fingerprint density at radius 1 is 0.964 bits per heavy atom. The number of carbonyl (C=O) groups is 1. The van der Waals surface area contributed by atoms with E-state index >= 15 is 0 Å². The van der Waals surface area contributed by atoms with Crippen molar-refractivity contribution < 1.29 is 13.9 Å². The standard InChI is InChI=1S/C23H24N2O3/c1-16-14-25(15-17(2)28-16)20-10-8-19(9-11-20)24-23(26)22-21(12-13-27-22)18-6-4-3-5-7-18/h3-13,16-17H,14-15H2,1-2H3,(H,24,26). The number of anilines is 2. The highest BCUT2D eigenvalue weighted by molar-refractivity contribution is 6.06. The normalized spacial score (nSPS) is 19.4. The summed E-state index contributed by atoms with van der Waals surface area (Å²) in [7, 11) is 0. The summed E-state index contributed by atoms with van der Waals surface area (Å²) in [6.07, 6.45) is 1.96. The Hall–Kier alpha value is -3.05. The molecule has 1 saturated heterocycles. The molecule has 0 spiro atoms. The summed E-state index contributed by atoms with van der Waals surface area (Å²) in [5.74, 6) is 0.0522. The Morgan fingerprint density at radius 3 is 2.32 bits per heavy atom. The molecule has 0 aliphatic carbocycles. The number of nitrogens with zero attached hydrogens (tertiary/aromatic N) is 1. The van der Waals surface area contributed by atoms with Gasteiger partial charge in [0.25, 0.3) is 5.91 Å². The Balaban J connectivity index is 1.47. The van der Waals surface area contributed by atoms with Crippen molar-refractivity contribution in [3.8, 4) is 11.1 Å². The molecule has 0 bridgehead atoms. The SMILES string of the molecule is CC1CN(c2ccc(NC(=O)c3occc3-c3ccccc3)cc2)CC(C)O1. The Morgan fingerprint density at radius 2 is 1.64 bits per heavy atom. The fourth-order valence-corrected chi connectivity index (χ4v) is 3.66. The summed E-state index contributed by atoms with van der Waals surface area (Å²) in [6.45, 7) is 5.90. The van der Waals surface area contributed by atoms with Gasteiger partial charge in [-0.25, -0.2) is 0 Å². The number of furan rings is 1. The van der Waals surface area contributed by atoms with Crippen LogP contribution in [0.5, 0.6) is 0 Å². The van der Waals surface area contributed by atoms with E-state index < -0.39 is 0 Å². The van der Waals surface area contributed by atoms with Crippen molar-refractivity contribution in [2.45, 2.75) is 26.1 Å². The first kappa shape index (κ1) is 18.3. The van der Waals surface area contributed by atoms with Crippen LogP contribution in [0, 0.1) is 0 Å². The topological polar surface area (TPSA) is 54.7 Å². The maximum Gasteiger partial charge on any atom is 0.292 e. The van der Waals surface area contributed by atoms with Crippen LogP contribution >= 0.6 is 0 Å². The van der Waals surface area contributed by atoms with Crippen LogP contribution in [0.15, 0.2) is 71.3 Å². The van der Waals surface area contributed by atoms with Crippen LogP contribution in [0.2, 0.25) is 0 Å². The smallest absolute Gasteiger partial charge is 0.292 e. The lowest BCUT2D eigenvalue weighted by Gasteiger charge is -2.36. The van der Waals surface area contributed by atoms with Gasteiger partial charge < -0.3 is 19.4 Å². The largest absolute Gasteiger partial charge is 0.459 e. The monoisotopic (exact) mass is 376 g/mol. The lowest BCUT2D eigenvalue weighted by molar-refractivity contribution is -0.00521. The fraction of sp³-hybridized carbons (Fsp3) is 0.261. The fourth-order valence-electron chi connectivity index (χ4n) is 3.66. The maximum atomic E-state index is 12.7. The molecule has 144 valence electrons. The molecule has 1 aliphatic heterocycles. The van der Waals surface area contributed by atoms with Gasteiger partial charge in [0.15, 0.2) is 5.76 Å². The molecular weight excluding hydrogens is 352 g/mol. The molecule has 5 nitrogen and oxygen atoms in total. The van der Waals surface area contributed by atoms with Crippen LogP contribution in [0.1, 0.15) is 24.4 Å². The summed E-state index contributed by atoms with van der Waals surface area (Å²) in [6, 6.07) is 19.5. The third kappa shape index (κ3) is 3.94. The zero-order valence-electron chi connectivity index (χ0n) is 16.1. The zero-order chi connectivity index (χ0) is 19.5. The van der Waals surface area contributed by atoms with E-state index in [1.807, 2.05) is 60.7 Å². The number of hydrogen-bond acceptors (Lipinski definition) is 4. The van der Waals surface area contributed by atoms with Crippen molar-refractivity contribution in [3.05, 3.63) is 72.7 Å². The van der Waals surface area contributed by atoms with Gasteiger partial charge in [-0.1, -0.05) is 30.3 Å². The first-order chi connectivity index (χ1) is 13.6.